The van der Waals surface area contributed by atoms with Gasteiger partial charge in [-0.25, -0.2) is 4.98 Å². The molecule has 0 bridgehead atoms. The first-order chi connectivity index (χ1) is 7.38. The number of aromatic nitrogens is 2. The van der Waals surface area contributed by atoms with Gasteiger partial charge < -0.3 is 9.80 Å². The summed E-state index contributed by atoms with van der Waals surface area (Å²) in [5.74, 6) is 1.66. The van der Waals surface area contributed by atoms with Crippen molar-refractivity contribution in [2.75, 3.05) is 36.3 Å². The monoisotopic (exact) mass is 286 g/mol. The van der Waals surface area contributed by atoms with Gasteiger partial charge in [0.05, 0.1) is 0 Å². The van der Waals surface area contributed by atoms with Crippen LogP contribution in [0.4, 0.5) is 11.8 Å². The molecule has 0 atom stereocenters. The predicted molar refractivity (Wildman–Crippen MR) is 72.6 cm³/mol. The zero-order chi connectivity index (χ0) is 12.3. The molecule has 0 radical (unpaired) electrons. The van der Waals surface area contributed by atoms with Gasteiger partial charge in [-0.15, -0.1) is 0 Å². The van der Waals surface area contributed by atoms with Gasteiger partial charge in [-0.2, -0.15) is 4.98 Å². The van der Waals surface area contributed by atoms with Gasteiger partial charge in [0.1, 0.15) is 5.82 Å². The number of halogens is 1. The van der Waals surface area contributed by atoms with E-state index >= 15 is 0 Å². The Morgan fingerprint density at radius 2 is 1.94 bits per heavy atom. The molecule has 0 aliphatic carbocycles. The second kappa shape index (κ2) is 4.99. The van der Waals surface area contributed by atoms with E-state index in [1.54, 1.807) is 6.20 Å². The maximum atomic E-state index is 4.51. The van der Waals surface area contributed by atoms with Crippen LogP contribution in [-0.2, 0) is 0 Å². The SMILES string of the molecule is CN(C)c1nccc(N(C)C(C)(C)CBr)n1. The molecule has 0 fully saturated rings. The van der Waals surface area contributed by atoms with E-state index in [4.69, 9.17) is 0 Å². The van der Waals surface area contributed by atoms with E-state index < -0.39 is 0 Å². The van der Waals surface area contributed by atoms with Crippen LogP contribution >= 0.6 is 15.9 Å². The summed E-state index contributed by atoms with van der Waals surface area (Å²) in [5, 5.41) is 0.887. The highest BCUT2D eigenvalue weighted by Crippen LogP contribution is 2.22. The van der Waals surface area contributed by atoms with Crippen molar-refractivity contribution in [1.29, 1.82) is 0 Å². The molecule has 0 unspecified atom stereocenters. The summed E-state index contributed by atoms with van der Waals surface area (Å²) in [6.07, 6.45) is 1.79. The van der Waals surface area contributed by atoms with Gasteiger partial charge in [-0.05, 0) is 19.9 Å². The van der Waals surface area contributed by atoms with Crippen LogP contribution in [0.15, 0.2) is 12.3 Å². The van der Waals surface area contributed by atoms with Crippen molar-refractivity contribution in [3.63, 3.8) is 0 Å². The third-order valence-electron chi connectivity index (χ3n) is 2.61. The molecule has 0 spiro atoms. The van der Waals surface area contributed by atoms with Crippen LogP contribution in [0.25, 0.3) is 0 Å². The number of alkyl halides is 1. The first-order valence-corrected chi connectivity index (χ1v) is 6.31. The lowest BCUT2D eigenvalue weighted by atomic mass is 10.1. The maximum Gasteiger partial charge on any atom is 0.226 e. The standard InChI is InChI=1S/C11H19BrN4/c1-11(2,8-12)16(5)9-6-7-13-10(14-9)15(3)4/h6-7H,8H2,1-5H3. The van der Waals surface area contributed by atoms with Crippen molar-refractivity contribution >= 4 is 27.7 Å². The fraction of sp³-hybridized carbons (Fsp3) is 0.636. The number of rotatable bonds is 4. The highest BCUT2D eigenvalue weighted by molar-refractivity contribution is 9.09. The van der Waals surface area contributed by atoms with E-state index in [-0.39, 0.29) is 5.54 Å². The van der Waals surface area contributed by atoms with Gasteiger partial charge in [-0.3, -0.25) is 0 Å². The van der Waals surface area contributed by atoms with E-state index in [0.29, 0.717) is 0 Å². The summed E-state index contributed by atoms with van der Waals surface area (Å²) in [7, 11) is 5.92. The summed E-state index contributed by atoms with van der Waals surface area (Å²) in [4.78, 5) is 12.8. The molecule has 1 rings (SSSR count). The average Bonchev–Trinajstić information content (AvgIpc) is 2.28. The summed E-state index contributed by atoms with van der Waals surface area (Å²) in [5.41, 5.74) is 0.0257. The Morgan fingerprint density at radius 3 is 2.44 bits per heavy atom. The Hall–Kier alpha value is -0.840. The van der Waals surface area contributed by atoms with Gasteiger partial charge in [0.15, 0.2) is 0 Å². The van der Waals surface area contributed by atoms with Crippen LogP contribution in [0.5, 0.6) is 0 Å². The first-order valence-electron chi connectivity index (χ1n) is 5.18. The Morgan fingerprint density at radius 1 is 1.31 bits per heavy atom. The van der Waals surface area contributed by atoms with E-state index in [9.17, 15) is 0 Å². The highest BCUT2D eigenvalue weighted by Gasteiger charge is 2.23. The molecule has 0 amide bonds. The molecule has 90 valence electrons. The summed E-state index contributed by atoms with van der Waals surface area (Å²) < 4.78 is 0. The summed E-state index contributed by atoms with van der Waals surface area (Å²) in [6, 6.07) is 1.93. The third kappa shape index (κ3) is 2.84. The number of hydrogen-bond acceptors (Lipinski definition) is 4. The molecular weight excluding hydrogens is 268 g/mol. The average molecular weight is 287 g/mol. The van der Waals surface area contributed by atoms with Crippen LogP contribution in [-0.4, -0.2) is 42.0 Å². The lowest BCUT2D eigenvalue weighted by Gasteiger charge is -2.35. The number of anilines is 2. The minimum absolute atomic E-state index is 0.0257. The van der Waals surface area contributed by atoms with E-state index in [1.165, 1.54) is 0 Å². The first kappa shape index (κ1) is 13.2. The second-order valence-electron chi connectivity index (χ2n) is 4.61. The van der Waals surface area contributed by atoms with Gasteiger partial charge in [-0.1, -0.05) is 15.9 Å². The Labute approximate surface area is 106 Å². The molecule has 0 N–H and O–H groups in total. The van der Waals surface area contributed by atoms with Crippen LogP contribution in [0.3, 0.4) is 0 Å². The Kier molecular flexibility index (Phi) is 4.13. The van der Waals surface area contributed by atoms with Gasteiger partial charge >= 0.3 is 0 Å². The maximum absolute atomic E-state index is 4.51. The van der Waals surface area contributed by atoms with E-state index in [0.717, 1.165) is 17.1 Å². The van der Waals surface area contributed by atoms with Gasteiger partial charge in [0.2, 0.25) is 5.95 Å². The van der Waals surface area contributed by atoms with Crippen molar-refractivity contribution < 1.29 is 0 Å². The fourth-order valence-electron chi connectivity index (χ4n) is 1.14. The zero-order valence-corrected chi connectivity index (χ0v) is 12.1. The lowest BCUT2D eigenvalue weighted by molar-refractivity contribution is 0.546. The Bertz CT molecular complexity index is 352. The highest BCUT2D eigenvalue weighted by atomic mass is 79.9. The smallest absolute Gasteiger partial charge is 0.226 e. The van der Waals surface area contributed by atoms with E-state index in [2.05, 4.69) is 44.6 Å². The Balaban J connectivity index is 3.00. The summed E-state index contributed by atoms with van der Waals surface area (Å²) in [6.45, 7) is 4.33. The van der Waals surface area contributed by atoms with Crippen LogP contribution in [0, 0.1) is 0 Å². The largest absolute Gasteiger partial charge is 0.354 e. The molecular formula is C11H19BrN4. The molecule has 0 aromatic carbocycles. The lowest BCUT2D eigenvalue weighted by Crippen LogP contribution is -2.43. The number of hydrogen-bond donors (Lipinski definition) is 0. The van der Waals surface area contributed by atoms with Crippen molar-refractivity contribution in [2.24, 2.45) is 0 Å². The molecule has 0 saturated heterocycles. The fourth-order valence-corrected chi connectivity index (χ4v) is 1.52. The van der Waals surface area contributed by atoms with Crippen molar-refractivity contribution in [2.45, 2.75) is 19.4 Å². The minimum Gasteiger partial charge on any atom is -0.354 e. The third-order valence-corrected chi connectivity index (χ3v) is 3.98. The molecule has 5 heteroatoms. The predicted octanol–water partition coefficient (Wildman–Crippen LogP) is 2.15. The topological polar surface area (TPSA) is 32.3 Å². The zero-order valence-electron chi connectivity index (χ0n) is 10.5. The van der Waals surface area contributed by atoms with Crippen molar-refractivity contribution in [3.8, 4) is 0 Å². The molecule has 1 heterocycles. The normalized spacial score (nSPS) is 11.4. The molecule has 0 aliphatic rings. The molecule has 16 heavy (non-hydrogen) atoms. The van der Waals surface area contributed by atoms with Crippen molar-refractivity contribution in [3.05, 3.63) is 12.3 Å². The van der Waals surface area contributed by atoms with Crippen LogP contribution in [0.2, 0.25) is 0 Å². The van der Waals surface area contributed by atoms with Crippen molar-refractivity contribution in [1.82, 2.24) is 9.97 Å². The quantitative estimate of drug-likeness (QED) is 0.794. The molecule has 0 aliphatic heterocycles. The molecule has 0 saturated carbocycles. The van der Waals surface area contributed by atoms with E-state index in [1.807, 2.05) is 32.1 Å². The van der Waals surface area contributed by atoms with Gasteiger partial charge in [0, 0.05) is 38.2 Å². The van der Waals surface area contributed by atoms with Crippen LogP contribution in [0.1, 0.15) is 13.8 Å². The molecule has 1 aromatic heterocycles. The minimum atomic E-state index is 0.0257. The second-order valence-corrected chi connectivity index (χ2v) is 5.18. The number of nitrogens with zero attached hydrogens (tertiary/aromatic N) is 4. The van der Waals surface area contributed by atoms with Gasteiger partial charge in [0.25, 0.3) is 0 Å². The van der Waals surface area contributed by atoms with Crippen LogP contribution < -0.4 is 9.80 Å². The molecule has 1 aromatic rings. The summed E-state index contributed by atoms with van der Waals surface area (Å²) >= 11 is 3.52. The molecule has 4 nitrogen and oxygen atoms in total.